The number of benzene rings is 1. The van der Waals surface area contributed by atoms with E-state index in [1.165, 1.54) is 0 Å². The third-order valence-corrected chi connectivity index (χ3v) is 4.49. The second kappa shape index (κ2) is 5.91. The van der Waals surface area contributed by atoms with Crippen molar-refractivity contribution in [1.29, 1.82) is 5.26 Å². The van der Waals surface area contributed by atoms with E-state index in [9.17, 15) is 5.26 Å². The zero-order valence-corrected chi connectivity index (χ0v) is 13.7. The number of halogens is 1. The van der Waals surface area contributed by atoms with Crippen molar-refractivity contribution >= 4 is 39.7 Å². The van der Waals surface area contributed by atoms with Crippen LogP contribution in [0.15, 0.2) is 29.6 Å². The summed E-state index contributed by atoms with van der Waals surface area (Å²) in [5, 5.41) is 13.8. The number of aromatic nitrogens is 2. The fourth-order valence-corrected chi connectivity index (χ4v) is 3.23. The largest absolute Gasteiger partial charge is 0.353 e. The Balaban J connectivity index is 2.00. The van der Waals surface area contributed by atoms with Gasteiger partial charge in [0.05, 0.1) is 23.7 Å². The summed E-state index contributed by atoms with van der Waals surface area (Å²) in [4.78, 5) is 11.1. The molecule has 3 aromatic rings. The molecule has 0 N–H and O–H groups in total. The van der Waals surface area contributed by atoms with Crippen LogP contribution in [0.5, 0.6) is 0 Å². The summed E-state index contributed by atoms with van der Waals surface area (Å²) in [6.45, 7) is 2.64. The van der Waals surface area contributed by atoms with E-state index in [4.69, 9.17) is 11.6 Å². The van der Waals surface area contributed by atoms with Crippen LogP contribution < -0.4 is 4.90 Å². The molecule has 0 spiro atoms. The first-order chi connectivity index (χ1) is 10.6. The zero-order valence-electron chi connectivity index (χ0n) is 12.2. The predicted octanol–water partition coefficient (Wildman–Crippen LogP) is 4.16. The molecule has 1 aromatic carbocycles. The van der Waals surface area contributed by atoms with Crippen LogP contribution in [-0.2, 0) is 6.54 Å². The lowest BCUT2D eigenvalue weighted by molar-refractivity contribution is 0.887. The minimum atomic E-state index is 0.574. The van der Waals surface area contributed by atoms with Gasteiger partial charge in [-0.15, -0.1) is 11.3 Å². The monoisotopic (exact) mass is 328 g/mol. The fraction of sp³-hybridized carbons (Fsp3) is 0.188. The standard InChI is InChI=1S/C16H13ClN4S/c1-10-9-22-16(19-10)8-21(2)15-5-11(7-18)13-6-12(17)3-4-14(13)20-15/h3-6,9H,8H2,1-2H3. The molecule has 0 aliphatic rings. The van der Waals surface area contributed by atoms with E-state index in [-0.39, 0.29) is 0 Å². The van der Waals surface area contributed by atoms with Crippen LogP contribution in [-0.4, -0.2) is 17.0 Å². The third kappa shape index (κ3) is 2.89. The van der Waals surface area contributed by atoms with Crippen LogP contribution in [0.4, 0.5) is 5.82 Å². The summed E-state index contributed by atoms with van der Waals surface area (Å²) < 4.78 is 0. The van der Waals surface area contributed by atoms with E-state index < -0.39 is 0 Å². The Bertz CT molecular complexity index is 881. The van der Waals surface area contributed by atoms with Gasteiger partial charge in [-0.1, -0.05) is 11.6 Å². The number of hydrogen-bond donors (Lipinski definition) is 0. The lowest BCUT2D eigenvalue weighted by Gasteiger charge is -2.17. The van der Waals surface area contributed by atoms with E-state index in [2.05, 4.69) is 16.0 Å². The van der Waals surface area contributed by atoms with Gasteiger partial charge in [-0.2, -0.15) is 5.26 Å². The minimum absolute atomic E-state index is 0.574. The maximum atomic E-state index is 9.38. The summed E-state index contributed by atoms with van der Waals surface area (Å²) in [5.74, 6) is 0.749. The quantitative estimate of drug-likeness (QED) is 0.724. The van der Waals surface area contributed by atoms with Crippen LogP contribution in [0.3, 0.4) is 0 Å². The number of anilines is 1. The molecule has 0 fully saturated rings. The van der Waals surface area contributed by atoms with Crippen LogP contribution in [0.25, 0.3) is 10.9 Å². The smallest absolute Gasteiger partial charge is 0.130 e. The van der Waals surface area contributed by atoms with Gasteiger partial charge in [-0.25, -0.2) is 9.97 Å². The molecular formula is C16H13ClN4S. The van der Waals surface area contributed by atoms with Crippen molar-refractivity contribution in [3.63, 3.8) is 0 Å². The molecule has 0 atom stereocenters. The lowest BCUT2D eigenvalue weighted by atomic mass is 10.1. The molecule has 4 nitrogen and oxygen atoms in total. The Morgan fingerprint density at radius 1 is 1.32 bits per heavy atom. The Kier molecular flexibility index (Phi) is 3.97. The molecule has 22 heavy (non-hydrogen) atoms. The average Bonchev–Trinajstić information content (AvgIpc) is 2.91. The number of aryl methyl sites for hydroxylation is 1. The fourth-order valence-electron chi connectivity index (χ4n) is 2.23. The highest BCUT2D eigenvalue weighted by Crippen LogP contribution is 2.26. The summed E-state index contributed by atoms with van der Waals surface area (Å²) in [5.41, 5.74) is 2.36. The van der Waals surface area contributed by atoms with E-state index in [0.29, 0.717) is 17.1 Å². The van der Waals surface area contributed by atoms with Crippen LogP contribution in [0, 0.1) is 18.3 Å². The Morgan fingerprint density at radius 3 is 2.82 bits per heavy atom. The highest BCUT2D eigenvalue weighted by Gasteiger charge is 2.11. The Labute approximate surface area is 137 Å². The van der Waals surface area contributed by atoms with E-state index in [1.807, 2.05) is 30.3 Å². The molecule has 0 radical (unpaired) electrons. The van der Waals surface area contributed by atoms with Crippen molar-refractivity contribution in [3.05, 3.63) is 50.9 Å². The van der Waals surface area contributed by atoms with Gasteiger partial charge in [0.15, 0.2) is 0 Å². The number of nitrogens with zero attached hydrogens (tertiary/aromatic N) is 4. The molecule has 0 saturated heterocycles. The maximum absolute atomic E-state index is 9.38. The summed E-state index contributed by atoms with van der Waals surface area (Å²) in [6, 6.07) is 9.41. The van der Waals surface area contributed by atoms with Gasteiger partial charge in [0, 0.05) is 28.5 Å². The number of nitriles is 1. The average molecular weight is 329 g/mol. The van der Waals surface area contributed by atoms with Gasteiger partial charge in [0.2, 0.25) is 0 Å². The Hall–Kier alpha value is -2.16. The van der Waals surface area contributed by atoms with E-state index in [0.717, 1.165) is 27.4 Å². The second-order valence-corrected chi connectivity index (χ2v) is 6.42. The Morgan fingerprint density at radius 2 is 2.14 bits per heavy atom. The SMILES string of the molecule is Cc1csc(CN(C)c2cc(C#N)c3cc(Cl)ccc3n2)n1. The van der Waals surface area contributed by atoms with Crippen molar-refractivity contribution in [3.8, 4) is 6.07 Å². The first-order valence-electron chi connectivity index (χ1n) is 6.69. The van der Waals surface area contributed by atoms with Gasteiger partial charge in [-0.3, -0.25) is 0 Å². The van der Waals surface area contributed by atoms with Crippen molar-refractivity contribution in [1.82, 2.24) is 9.97 Å². The van der Waals surface area contributed by atoms with Gasteiger partial charge in [-0.05, 0) is 31.2 Å². The predicted molar refractivity (Wildman–Crippen MR) is 90.4 cm³/mol. The number of rotatable bonds is 3. The maximum Gasteiger partial charge on any atom is 0.130 e. The third-order valence-electron chi connectivity index (χ3n) is 3.31. The van der Waals surface area contributed by atoms with Crippen LogP contribution in [0.2, 0.25) is 5.02 Å². The van der Waals surface area contributed by atoms with Crippen molar-refractivity contribution in [2.24, 2.45) is 0 Å². The first-order valence-corrected chi connectivity index (χ1v) is 7.95. The van der Waals surface area contributed by atoms with Crippen molar-refractivity contribution in [2.75, 3.05) is 11.9 Å². The summed E-state index contributed by atoms with van der Waals surface area (Å²) in [7, 11) is 1.95. The van der Waals surface area contributed by atoms with Crippen LogP contribution >= 0.6 is 22.9 Å². The summed E-state index contributed by atoms with van der Waals surface area (Å²) >= 11 is 7.63. The van der Waals surface area contributed by atoms with E-state index in [1.54, 1.807) is 29.5 Å². The van der Waals surface area contributed by atoms with Gasteiger partial charge in [0.1, 0.15) is 10.8 Å². The first kappa shape index (κ1) is 14.8. The van der Waals surface area contributed by atoms with Crippen molar-refractivity contribution < 1.29 is 0 Å². The van der Waals surface area contributed by atoms with E-state index >= 15 is 0 Å². The van der Waals surface area contributed by atoms with Gasteiger partial charge in [0.25, 0.3) is 0 Å². The minimum Gasteiger partial charge on any atom is -0.353 e. The molecule has 0 saturated carbocycles. The molecule has 2 aromatic heterocycles. The van der Waals surface area contributed by atoms with Crippen molar-refractivity contribution in [2.45, 2.75) is 13.5 Å². The van der Waals surface area contributed by atoms with Gasteiger partial charge >= 0.3 is 0 Å². The molecule has 0 amide bonds. The molecule has 0 aliphatic carbocycles. The number of pyridine rings is 1. The molecule has 3 rings (SSSR count). The topological polar surface area (TPSA) is 52.8 Å². The number of thiazole rings is 1. The zero-order chi connectivity index (χ0) is 15.7. The number of fused-ring (bicyclic) bond motifs is 1. The number of hydrogen-bond acceptors (Lipinski definition) is 5. The molecular weight excluding hydrogens is 316 g/mol. The molecule has 0 unspecified atom stereocenters. The molecule has 2 heterocycles. The second-order valence-electron chi connectivity index (χ2n) is 5.04. The molecule has 6 heteroatoms. The van der Waals surface area contributed by atoms with Gasteiger partial charge < -0.3 is 4.90 Å². The summed E-state index contributed by atoms with van der Waals surface area (Å²) in [6.07, 6.45) is 0. The molecule has 0 aliphatic heterocycles. The van der Waals surface area contributed by atoms with Crippen LogP contribution in [0.1, 0.15) is 16.3 Å². The highest BCUT2D eigenvalue weighted by molar-refractivity contribution is 7.09. The lowest BCUT2D eigenvalue weighted by Crippen LogP contribution is -2.17. The molecule has 0 bridgehead atoms. The highest BCUT2D eigenvalue weighted by atomic mass is 35.5. The molecule has 110 valence electrons. The normalized spacial score (nSPS) is 10.6.